The molecule has 0 radical (unpaired) electrons. The van der Waals surface area contributed by atoms with Crippen LogP contribution in [0.1, 0.15) is 22.6 Å². The van der Waals surface area contributed by atoms with Crippen LogP contribution in [0.3, 0.4) is 0 Å². The number of piperazine rings is 1. The van der Waals surface area contributed by atoms with E-state index in [-0.39, 0.29) is 4.90 Å². The number of nitriles is 1. The monoisotopic (exact) mass is 360 g/mol. The van der Waals surface area contributed by atoms with Gasteiger partial charge in [0.1, 0.15) is 10.6 Å². The van der Waals surface area contributed by atoms with Crippen molar-refractivity contribution in [1.82, 2.24) is 14.4 Å². The predicted octanol–water partition coefficient (Wildman–Crippen LogP) is 1.67. The van der Waals surface area contributed by atoms with Gasteiger partial charge in [-0.3, -0.25) is 4.90 Å². The fourth-order valence-electron chi connectivity index (χ4n) is 3.10. The Hall–Kier alpha value is -2.21. The summed E-state index contributed by atoms with van der Waals surface area (Å²) in [5.74, 6) is 0.327. The summed E-state index contributed by atoms with van der Waals surface area (Å²) < 4.78 is 32.1. The molecule has 8 heteroatoms. The van der Waals surface area contributed by atoms with E-state index in [1.54, 1.807) is 19.9 Å². The molecule has 3 rings (SSSR count). The van der Waals surface area contributed by atoms with E-state index in [0.29, 0.717) is 49.7 Å². The maximum Gasteiger partial charge on any atom is 0.248 e. The Morgan fingerprint density at radius 1 is 1.24 bits per heavy atom. The second kappa shape index (κ2) is 6.96. The summed E-state index contributed by atoms with van der Waals surface area (Å²) in [6, 6.07) is 9.63. The Bertz CT molecular complexity index is 887. The number of hydrogen-bond acceptors (Lipinski definition) is 6. The normalized spacial score (nSPS) is 16.7. The molecule has 0 bridgehead atoms. The molecular formula is C17H20N4O3S. The van der Waals surface area contributed by atoms with E-state index < -0.39 is 10.0 Å². The molecule has 0 spiro atoms. The zero-order valence-electron chi connectivity index (χ0n) is 14.3. The van der Waals surface area contributed by atoms with Crippen molar-refractivity contribution < 1.29 is 12.9 Å². The highest BCUT2D eigenvalue weighted by molar-refractivity contribution is 7.89. The van der Waals surface area contributed by atoms with Gasteiger partial charge in [-0.1, -0.05) is 17.3 Å². The maximum atomic E-state index is 12.8. The summed E-state index contributed by atoms with van der Waals surface area (Å²) in [4.78, 5) is 2.37. The van der Waals surface area contributed by atoms with Gasteiger partial charge in [0.25, 0.3) is 0 Å². The molecule has 0 N–H and O–H groups in total. The lowest BCUT2D eigenvalue weighted by molar-refractivity contribution is 0.181. The Labute approximate surface area is 147 Å². The lowest BCUT2D eigenvalue weighted by atomic mass is 10.1. The average Bonchev–Trinajstić information content (AvgIpc) is 2.95. The van der Waals surface area contributed by atoms with Gasteiger partial charge in [0, 0.05) is 32.7 Å². The lowest BCUT2D eigenvalue weighted by Crippen LogP contribution is -2.48. The van der Waals surface area contributed by atoms with Gasteiger partial charge in [-0.25, -0.2) is 8.42 Å². The highest BCUT2D eigenvalue weighted by Gasteiger charge is 2.33. The minimum Gasteiger partial charge on any atom is -0.360 e. The number of rotatable bonds is 4. The van der Waals surface area contributed by atoms with Crippen LogP contribution < -0.4 is 0 Å². The number of sulfonamides is 1. The molecule has 1 aromatic carbocycles. The molecule has 132 valence electrons. The van der Waals surface area contributed by atoms with Gasteiger partial charge < -0.3 is 4.52 Å². The highest BCUT2D eigenvalue weighted by Crippen LogP contribution is 2.24. The Morgan fingerprint density at radius 3 is 2.56 bits per heavy atom. The number of aromatic nitrogens is 1. The van der Waals surface area contributed by atoms with Crippen molar-refractivity contribution in [3.05, 3.63) is 46.8 Å². The van der Waals surface area contributed by atoms with Crippen molar-refractivity contribution in [3.63, 3.8) is 0 Å². The number of aryl methyl sites for hydroxylation is 2. The molecule has 1 saturated heterocycles. The van der Waals surface area contributed by atoms with Crippen LogP contribution in [0, 0.1) is 25.2 Å². The molecule has 0 saturated carbocycles. The first-order valence-electron chi connectivity index (χ1n) is 8.06. The molecule has 0 atom stereocenters. The Balaban J connectivity index is 1.67. The van der Waals surface area contributed by atoms with Gasteiger partial charge >= 0.3 is 0 Å². The molecule has 25 heavy (non-hydrogen) atoms. The van der Waals surface area contributed by atoms with Crippen LogP contribution in [0.5, 0.6) is 0 Å². The van der Waals surface area contributed by atoms with Crippen molar-refractivity contribution in [3.8, 4) is 6.07 Å². The van der Waals surface area contributed by atoms with E-state index in [2.05, 4.69) is 16.1 Å². The predicted molar refractivity (Wildman–Crippen MR) is 91.2 cm³/mol. The first kappa shape index (κ1) is 17.6. The first-order chi connectivity index (χ1) is 11.9. The Kier molecular flexibility index (Phi) is 4.90. The van der Waals surface area contributed by atoms with E-state index in [9.17, 15) is 8.42 Å². The zero-order valence-corrected chi connectivity index (χ0v) is 15.1. The third-order valence-electron chi connectivity index (χ3n) is 4.36. The van der Waals surface area contributed by atoms with Crippen LogP contribution in [-0.2, 0) is 16.6 Å². The van der Waals surface area contributed by atoms with E-state index in [1.165, 1.54) is 4.31 Å². The Morgan fingerprint density at radius 2 is 1.96 bits per heavy atom. The zero-order chi connectivity index (χ0) is 18.0. The van der Waals surface area contributed by atoms with Crippen LogP contribution >= 0.6 is 0 Å². The molecule has 0 aliphatic carbocycles. The van der Waals surface area contributed by atoms with Crippen molar-refractivity contribution in [1.29, 1.82) is 5.26 Å². The van der Waals surface area contributed by atoms with Crippen molar-refractivity contribution >= 4 is 10.0 Å². The summed E-state index contributed by atoms with van der Waals surface area (Å²) in [5, 5.41) is 12.7. The van der Waals surface area contributed by atoms with Gasteiger partial charge in [-0.05, 0) is 31.5 Å². The summed E-state index contributed by atoms with van der Waals surface area (Å²) >= 11 is 0. The van der Waals surface area contributed by atoms with E-state index in [4.69, 9.17) is 9.78 Å². The highest BCUT2D eigenvalue weighted by atomic mass is 32.2. The largest absolute Gasteiger partial charge is 0.360 e. The van der Waals surface area contributed by atoms with Crippen molar-refractivity contribution in [2.75, 3.05) is 26.2 Å². The molecule has 0 unspecified atom stereocenters. The minimum absolute atomic E-state index is 0.183. The smallest absolute Gasteiger partial charge is 0.248 e. The third-order valence-corrected chi connectivity index (χ3v) is 6.50. The topological polar surface area (TPSA) is 90.4 Å². The summed E-state index contributed by atoms with van der Waals surface area (Å²) in [6.45, 7) is 6.08. The molecule has 1 fully saturated rings. The molecule has 0 amide bonds. The first-order valence-corrected chi connectivity index (χ1v) is 9.50. The molecular weight excluding hydrogens is 340 g/mol. The van der Waals surface area contributed by atoms with E-state index in [0.717, 1.165) is 5.56 Å². The van der Waals surface area contributed by atoms with Gasteiger partial charge in [-0.15, -0.1) is 0 Å². The molecule has 2 heterocycles. The van der Waals surface area contributed by atoms with Gasteiger partial charge in [0.15, 0.2) is 5.76 Å². The van der Waals surface area contributed by atoms with E-state index >= 15 is 0 Å². The molecule has 1 aromatic heterocycles. The standard InChI is InChI=1S/C17H20N4O3S/c1-13-17(14(2)24-19-13)25(22,23)21-8-6-20(7-9-21)12-16-5-3-4-15(10-16)11-18/h3-5,10H,6-9,12H2,1-2H3. The van der Waals surface area contributed by atoms with E-state index in [1.807, 2.05) is 18.2 Å². The summed E-state index contributed by atoms with van der Waals surface area (Å²) in [7, 11) is -3.58. The second-order valence-electron chi connectivity index (χ2n) is 6.15. The van der Waals surface area contributed by atoms with Crippen molar-refractivity contribution in [2.45, 2.75) is 25.3 Å². The van der Waals surface area contributed by atoms with Crippen LogP contribution in [0.15, 0.2) is 33.7 Å². The summed E-state index contributed by atoms with van der Waals surface area (Å²) in [6.07, 6.45) is 0. The summed E-state index contributed by atoms with van der Waals surface area (Å²) in [5.41, 5.74) is 2.09. The van der Waals surface area contributed by atoms with Crippen LogP contribution in [0.4, 0.5) is 0 Å². The van der Waals surface area contributed by atoms with Crippen molar-refractivity contribution in [2.24, 2.45) is 0 Å². The number of nitrogens with zero attached hydrogens (tertiary/aromatic N) is 4. The van der Waals surface area contributed by atoms with Crippen LogP contribution in [0.2, 0.25) is 0 Å². The maximum absolute atomic E-state index is 12.8. The number of benzene rings is 1. The number of hydrogen-bond donors (Lipinski definition) is 0. The van der Waals surface area contributed by atoms with Gasteiger partial charge in [-0.2, -0.15) is 9.57 Å². The second-order valence-corrected chi connectivity index (χ2v) is 8.02. The van der Waals surface area contributed by atoms with Gasteiger partial charge in [0.05, 0.1) is 11.6 Å². The average molecular weight is 360 g/mol. The molecule has 7 nitrogen and oxygen atoms in total. The quantitative estimate of drug-likeness (QED) is 0.824. The molecule has 1 aliphatic heterocycles. The van der Waals surface area contributed by atoms with Crippen LogP contribution in [0.25, 0.3) is 0 Å². The molecule has 1 aliphatic rings. The lowest BCUT2D eigenvalue weighted by Gasteiger charge is -2.33. The molecule has 2 aromatic rings. The fourth-order valence-corrected chi connectivity index (χ4v) is 4.81. The SMILES string of the molecule is Cc1noc(C)c1S(=O)(=O)N1CCN(Cc2cccc(C#N)c2)CC1. The van der Waals surface area contributed by atoms with Gasteiger partial charge in [0.2, 0.25) is 10.0 Å². The minimum atomic E-state index is -3.58. The fraction of sp³-hybridized carbons (Fsp3) is 0.412. The third kappa shape index (κ3) is 3.58. The van der Waals surface area contributed by atoms with Crippen LogP contribution in [-0.4, -0.2) is 49.0 Å².